The zero-order valence-corrected chi connectivity index (χ0v) is 71.2. The van der Waals surface area contributed by atoms with Crippen molar-refractivity contribution in [2.75, 3.05) is 153 Å². The fraction of sp³-hybridized carbons (Fsp3) is 0.415. The molecule has 0 fully saturated rings. The van der Waals surface area contributed by atoms with E-state index in [9.17, 15) is 71.2 Å². The third kappa shape index (κ3) is 53.9. The standard InChI is InChI=1S/C27H33O14P.C26H31O12P.C12H14O6.C8H4Cl2O2.C2H6Cl2O2P.7CH4/c1-3-39-42(33,40-18-16-37-26(31)22-6-4-20(5-7-22)24(29)35-13-12-28)41-19-17-38-27(32)23-10-8-21(9-11-23)25(30)36-15-14-34-2;1-4-36-39(31,37-17-15-34-25(29)21-7-5-20(6-8-21)19(2)27)38-18-16-35-26(30)23-11-9-22(10-12-23)24(28)33-14-13-32-3;13-5-7-17-11(15)9-1-2-10(4-3-9)12(16)18-8-6-14;9-7(11)5-1-2-6(4-3-5)8(10)12;1-2-6-7(3,4)5;;;;;;;/h4-11,28H,3,12-19H2,1-2H3;5-12H,4,13-18H2,1-3H3;1-4,13-14H,5-8H2;1-4H;3H,2H2,1H3;7*1H4/q;;;;+1;;;;;;;/i;;;;;1T;;;;;;. The number of phosphoric acid groups is 2. The smallest absolute Gasteiger partial charge is 0.460 e. The lowest BCUT2D eigenvalue weighted by molar-refractivity contribution is -0.190. The zero-order chi connectivity index (χ0) is 89.9. The molecule has 125 heavy (non-hydrogen) atoms. The molecule has 6 aromatic rings. The number of hydrogen-bond donors (Lipinski definition) is 3. The van der Waals surface area contributed by atoms with Crippen LogP contribution in [0.25, 0.3) is 0 Å². The van der Waals surface area contributed by atoms with Crippen LogP contribution in [-0.2, 0) is 97.5 Å². The van der Waals surface area contributed by atoms with Crippen molar-refractivity contribution in [3.05, 3.63) is 212 Å². The van der Waals surface area contributed by atoms with Crippen LogP contribution in [0, 0.1) is 11.2 Å². The van der Waals surface area contributed by atoms with Gasteiger partial charge in [-0.05, 0) is 184 Å². The normalized spacial score (nSPS) is 11.4. The second kappa shape index (κ2) is 72.0. The number of Topliss-reactive ketones (excluding diaryl/α,β-unsaturated/α-hetero) is 1. The molecule has 0 radical (unpaired) electrons. The SMILES string of the molecule is C.C.C.C.C.C.CCOP(=O)(Cl)[ClH+].CCOP(=O)(OCCOC(=O)c1ccc(C(=O)OCCO)cc1)OCCOC(=O)c1ccc(C(=O)OCCOC)cc1.CCOP(=O)(OCCOC(=O)c1ccc(C(C)=O)cc1)OCCOC(=O)c1ccc(C(=O)OCCOC)cc1.O=C(Cl)c1ccc(C(=O)Cl)cc1.O=C(OCCO)c1ccc(C(=O)OCCO)cc1.[3H]C. The van der Waals surface area contributed by atoms with Crippen molar-refractivity contribution in [2.24, 2.45) is 0 Å². The van der Waals surface area contributed by atoms with Gasteiger partial charge >= 0.3 is 75.4 Å². The molecule has 0 aliphatic heterocycles. The number of phosphoric ester groups is 2. The minimum Gasteiger partial charge on any atom is -0.460 e. The summed E-state index contributed by atoms with van der Waals surface area (Å²) in [6.45, 7) is 3.95. The van der Waals surface area contributed by atoms with Crippen LogP contribution in [-0.4, -0.2) is 238 Å². The minimum atomic E-state index is -4.05. The highest BCUT2D eigenvalue weighted by Crippen LogP contribution is 2.50. The van der Waals surface area contributed by atoms with Crippen LogP contribution < -0.4 is 0 Å². The number of ether oxygens (including phenoxy) is 11. The maximum absolute atomic E-state index is 12.8. The van der Waals surface area contributed by atoms with Crippen molar-refractivity contribution in [3.8, 4) is 0 Å². The highest BCUT2D eigenvalue weighted by Gasteiger charge is 2.29. The number of halogens is 4. The van der Waals surface area contributed by atoms with Gasteiger partial charge in [-0.1, -0.05) is 64.1 Å². The molecule has 0 saturated carbocycles. The summed E-state index contributed by atoms with van der Waals surface area (Å²) >= 11 is 19.5. The molecular weight excluding hydrogens is 1800 g/mol. The van der Waals surface area contributed by atoms with Crippen LogP contribution in [0.15, 0.2) is 146 Å². The Hall–Kier alpha value is -9.07. The lowest BCUT2D eigenvalue weighted by atomic mass is 10.1. The molecule has 0 saturated heterocycles. The first kappa shape index (κ1) is 124. The number of carbonyl (C=O) groups excluding carboxylic acids is 12. The van der Waals surface area contributed by atoms with Crippen LogP contribution in [0.1, 0.15) is 205 Å². The first-order chi connectivity index (χ1) is 57.3. The summed E-state index contributed by atoms with van der Waals surface area (Å²) in [6, 6.07) is 34.2. The highest BCUT2D eigenvalue weighted by atomic mass is 35.9. The summed E-state index contributed by atoms with van der Waals surface area (Å²) in [6.07, 6.45) is -3.11. The Bertz CT molecular complexity index is 4200. The molecule has 36 nitrogen and oxygen atoms in total. The van der Waals surface area contributed by atoms with Crippen molar-refractivity contribution >= 4 is 126 Å². The summed E-state index contributed by atoms with van der Waals surface area (Å²) < 4.78 is 131. The van der Waals surface area contributed by atoms with E-state index < -0.39 is 85.9 Å². The van der Waals surface area contributed by atoms with E-state index in [0.29, 0.717) is 23.3 Å². The molecule has 0 heterocycles. The van der Waals surface area contributed by atoms with Gasteiger partial charge in [-0.25, -0.2) is 56.8 Å². The Labute approximate surface area is 750 Å². The lowest BCUT2D eigenvalue weighted by Crippen LogP contribution is -2.14. The van der Waals surface area contributed by atoms with Gasteiger partial charge in [0.2, 0.25) is 11.2 Å². The van der Waals surface area contributed by atoms with E-state index in [2.05, 4.69) is 15.8 Å². The minimum absolute atomic E-state index is 0. The predicted molar refractivity (Wildman–Crippen MR) is 462 cm³/mol. The molecule has 0 aliphatic carbocycles. The molecule has 3 N–H and O–H groups in total. The van der Waals surface area contributed by atoms with E-state index in [1.54, 1.807) is 20.8 Å². The molecular formula is C82H116Cl4O36P3+. The fourth-order valence-corrected chi connectivity index (χ4v) is 11.4. The van der Waals surface area contributed by atoms with Crippen molar-refractivity contribution in [3.63, 3.8) is 0 Å². The Morgan fingerprint density at radius 1 is 0.288 bits per heavy atom. The summed E-state index contributed by atoms with van der Waals surface area (Å²) in [5, 5.41) is 24.6. The van der Waals surface area contributed by atoms with E-state index in [0.717, 1.165) is 0 Å². The van der Waals surface area contributed by atoms with Crippen LogP contribution in [0.3, 0.4) is 0 Å². The van der Waals surface area contributed by atoms with Crippen LogP contribution in [0.2, 0.25) is 0 Å². The number of benzene rings is 6. The van der Waals surface area contributed by atoms with E-state index in [1.165, 1.54) is 174 Å². The molecule has 0 aromatic heterocycles. The van der Waals surface area contributed by atoms with Gasteiger partial charge in [0.15, 0.2) is 5.78 Å². The van der Waals surface area contributed by atoms with Gasteiger partial charge in [0.25, 0.3) is 10.5 Å². The van der Waals surface area contributed by atoms with Gasteiger partial charge in [0.05, 0.1) is 129 Å². The Morgan fingerprint density at radius 2 is 0.448 bits per heavy atom. The molecule has 43 heteroatoms. The van der Waals surface area contributed by atoms with Crippen LogP contribution >= 0.6 is 56.2 Å². The van der Waals surface area contributed by atoms with Crippen molar-refractivity contribution < 1.29 is 183 Å². The summed E-state index contributed by atoms with van der Waals surface area (Å²) in [5.41, 5.74) is 3.16. The zero-order valence-electron chi connectivity index (χ0n) is 66.4. The van der Waals surface area contributed by atoms with Crippen molar-refractivity contribution in [1.82, 2.24) is 0 Å². The molecule has 3 unspecified atom stereocenters. The average Bonchev–Trinajstić information content (AvgIpc) is 0.879. The molecule has 6 aromatic carbocycles. The van der Waals surface area contributed by atoms with Gasteiger partial charge in [-0.15, -0.1) is 0 Å². The second-order valence-corrected chi connectivity index (χ2v) is 30.4. The summed E-state index contributed by atoms with van der Waals surface area (Å²) in [4.78, 5) is 140. The topological polar surface area (TPSA) is 483 Å². The lowest BCUT2D eigenvalue weighted by Gasteiger charge is -2.17. The highest BCUT2D eigenvalue weighted by molar-refractivity contribution is 7.79. The number of methoxy groups -OCH3 is 2. The quantitative estimate of drug-likeness (QED) is 0.00798. The number of ketones is 1. The van der Waals surface area contributed by atoms with Crippen LogP contribution in [0.4, 0.5) is 0 Å². The second-order valence-electron chi connectivity index (χ2n) is 21.9. The Balaban J connectivity index is -0.000000391. The molecule has 0 aliphatic rings. The van der Waals surface area contributed by atoms with Gasteiger partial charge in [-0.2, -0.15) is 0 Å². The van der Waals surface area contributed by atoms with Gasteiger partial charge < -0.3 is 67.4 Å². The number of aliphatic hydroxyl groups excluding tert-OH is 3. The molecule has 0 spiro atoms. The number of carbonyl (C=O) groups is 12. The van der Waals surface area contributed by atoms with Gasteiger partial charge in [-0.3, -0.25) is 46.0 Å². The van der Waals surface area contributed by atoms with E-state index >= 15 is 0 Å². The third-order valence-corrected chi connectivity index (χ3v) is 18.2. The monoisotopic (exact) mass is 1910 g/mol. The van der Waals surface area contributed by atoms with E-state index in [4.69, 9.17) is 130 Å². The molecule has 6 rings (SSSR count). The fourth-order valence-electron chi connectivity index (χ4n) is 7.97. The molecule has 0 amide bonds. The van der Waals surface area contributed by atoms with Crippen LogP contribution in [0.5, 0.6) is 0 Å². The van der Waals surface area contributed by atoms with Crippen molar-refractivity contribution in [1.29, 1.82) is 0 Å². The first-order valence-electron chi connectivity index (χ1n) is 35.9. The predicted octanol–water partition coefficient (Wildman–Crippen LogP) is 15.2. The third-order valence-electron chi connectivity index (χ3n) is 13.4. The van der Waals surface area contributed by atoms with Gasteiger partial charge in [0.1, 0.15) is 59.5 Å². The first-order valence-corrected chi connectivity index (χ1v) is 42.1. The number of hydrogen-bond acceptors (Lipinski definition) is 36. The van der Waals surface area contributed by atoms with E-state index in [-0.39, 0.29) is 233 Å². The summed E-state index contributed by atoms with van der Waals surface area (Å²) in [7, 11) is -3.84. The number of esters is 9. The average molecular weight is 1910 g/mol. The largest absolute Gasteiger partial charge is 0.559 e. The summed E-state index contributed by atoms with van der Waals surface area (Å²) in [5.74, 6) is -5.78. The Kier molecular flexibility index (Phi) is 71.7. The maximum Gasteiger partial charge on any atom is 0.559 e. The van der Waals surface area contributed by atoms with Gasteiger partial charge in [0, 0.05) is 43.5 Å². The van der Waals surface area contributed by atoms with Crippen molar-refractivity contribution in [2.45, 2.75) is 79.7 Å². The number of aliphatic hydroxyl groups is 3. The molecule has 702 valence electrons. The number of rotatable bonds is 46. The van der Waals surface area contributed by atoms with E-state index in [1.807, 2.05) is 0 Å². The Morgan fingerprint density at radius 3 is 0.584 bits per heavy atom. The molecule has 3 atom stereocenters. The molecule has 0 bridgehead atoms. The maximum atomic E-state index is 12.8.